The van der Waals surface area contributed by atoms with E-state index in [0.29, 0.717) is 21.5 Å². The van der Waals surface area contributed by atoms with Gasteiger partial charge in [-0.25, -0.2) is 14.2 Å². The lowest BCUT2D eigenvalue weighted by atomic mass is 10.0. The lowest BCUT2D eigenvalue weighted by Crippen LogP contribution is -2.56. The van der Waals surface area contributed by atoms with E-state index in [0.717, 1.165) is 10.9 Å². The van der Waals surface area contributed by atoms with Gasteiger partial charge in [-0.05, 0) is 42.7 Å². The molecule has 3 rings (SSSR count). The third kappa shape index (κ3) is 12.2. The number of carbonyl (C=O) groups excluding carboxylic acids is 4. The molecule has 0 saturated heterocycles. The van der Waals surface area contributed by atoms with Crippen molar-refractivity contribution in [2.45, 2.75) is 38.4 Å². The van der Waals surface area contributed by atoms with Gasteiger partial charge in [-0.2, -0.15) is 0 Å². The summed E-state index contributed by atoms with van der Waals surface area (Å²) in [6, 6.07) is 12.7. The number of H-pyrrole nitrogens is 1. The Morgan fingerprint density at radius 1 is 1.11 bits per heavy atom. The van der Waals surface area contributed by atoms with Crippen LogP contribution in [0.1, 0.15) is 37.2 Å². The van der Waals surface area contributed by atoms with Crippen molar-refractivity contribution in [3.8, 4) is 5.75 Å². The number of benzene rings is 2. The molecule has 13 nitrogen and oxygen atoms in total. The van der Waals surface area contributed by atoms with E-state index in [1.165, 1.54) is 13.2 Å². The molecule has 3 aromatic rings. The summed E-state index contributed by atoms with van der Waals surface area (Å²) in [7, 11) is 1.52. The third-order valence-electron chi connectivity index (χ3n) is 6.00. The van der Waals surface area contributed by atoms with Crippen LogP contribution >= 0.6 is 23.2 Å². The fourth-order valence-electron chi connectivity index (χ4n) is 3.87. The molecule has 0 radical (unpaired) electrons. The first-order valence-corrected chi connectivity index (χ1v) is 14.4. The highest BCUT2D eigenvalue weighted by molar-refractivity contribution is 6.35. The number of primary amides is 1. The normalized spacial score (nSPS) is 11.9. The third-order valence-corrected chi connectivity index (χ3v) is 6.52. The standard InChI is InChI=1S/C20H29ClFN5O5.C9H6ClNO2/c1-12(2)9-15(19(30)26-27(8-7-16(23)28)20(31)18(21)22)25-17(29)11-24-13-5-4-6-14(10-13)32-3;10-6-2-1-3-7-5(6)4-8(11-7)9(12)13/h4-6,10,12,15,18,24H,7-9,11H2,1-3H3,(H2,23,28)(H,25,29)(H,26,30);1-4,11H,(H,12,13)/t15-,18?;/m0./s1. The van der Waals surface area contributed by atoms with Crippen molar-refractivity contribution in [2.24, 2.45) is 11.7 Å². The SMILES string of the molecule is COc1cccc(NCC(=O)N[C@@H](CC(C)C)C(=O)NN(CCC(N)=O)C(=O)C(F)Cl)c1.O=C(O)c1cc2c(Cl)cccc2[nH]1. The van der Waals surface area contributed by atoms with Crippen LogP contribution in [0.5, 0.6) is 5.75 Å². The number of carboxylic acids is 1. The van der Waals surface area contributed by atoms with Gasteiger partial charge in [0.1, 0.15) is 17.5 Å². The zero-order chi connectivity index (χ0) is 33.7. The van der Waals surface area contributed by atoms with Crippen molar-refractivity contribution >= 4 is 69.4 Å². The van der Waals surface area contributed by atoms with Crippen LogP contribution in [0.25, 0.3) is 10.9 Å². The second kappa shape index (κ2) is 17.7. The number of hydrogen-bond donors (Lipinski definition) is 6. The number of aromatic nitrogens is 1. The summed E-state index contributed by atoms with van der Waals surface area (Å²) in [6.45, 7) is 3.18. The second-order valence-corrected chi connectivity index (χ2v) is 10.8. The molecule has 0 bridgehead atoms. The highest BCUT2D eigenvalue weighted by Crippen LogP contribution is 2.23. The summed E-state index contributed by atoms with van der Waals surface area (Å²) in [4.78, 5) is 61.4. The van der Waals surface area contributed by atoms with Crippen LogP contribution in [0.2, 0.25) is 5.02 Å². The number of rotatable bonds is 13. The summed E-state index contributed by atoms with van der Waals surface area (Å²) >= 11 is 11.0. The number of amides is 4. The molecular formula is C29H35Cl2FN6O7. The average Bonchev–Trinajstić information content (AvgIpc) is 3.44. The van der Waals surface area contributed by atoms with Gasteiger partial charge >= 0.3 is 5.97 Å². The van der Waals surface area contributed by atoms with Gasteiger partial charge in [0.2, 0.25) is 11.8 Å². The Kier molecular flexibility index (Phi) is 14.4. The van der Waals surface area contributed by atoms with Crippen molar-refractivity contribution in [3.05, 3.63) is 59.2 Å². The number of carboxylic acid groups (broad SMARTS) is 1. The minimum Gasteiger partial charge on any atom is -0.497 e. The number of nitrogens with zero attached hydrogens (tertiary/aromatic N) is 1. The van der Waals surface area contributed by atoms with E-state index in [9.17, 15) is 28.4 Å². The quantitative estimate of drug-likeness (QED) is 0.118. The Labute approximate surface area is 268 Å². The van der Waals surface area contributed by atoms with Gasteiger partial charge in [0, 0.05) is 34.1 Å². The van der Waals surface area contributed by atoms with Gasteiger partial charge in [-0.1, -0.05) is 49.2 Å². The maximum atomic E-state index is 13.3. The number of halogens is 3. The molecule has 0 aliphatic carbocycles. The van der Waals surface area contributed by atoms with E-state index in [-0.39, 0.29) is 37.5 Å². The van der Waals surface area contributed by atoms with E-state index in [1.54, 1.807) is 42.5 Å². The zero-order valence-electron chi connectivity index (χ0n) is 24.7. The predicted octanol–water partition coefficient (Wildman–Crippen LogP) is 3.43. The number of ether oxygens (including phenoxy) is 1. The van der Waals surface area contributed by atoms with E-state index < -0.39 is 41.3 Å². The summed E-state index contributed by atoms with van der Waals surface area (Å²) in [5.74, 6) is -3.61. The van der Waals surface area contributed by atoms with E-state index in [1.807, 2.05) is 13.8 Å². The molecule has 7 N–H and O–H groups in total. The predicted molar refractivity (Wildman–Crippen MR) is 168 cm³/mol. The molecule has 0 spiro atoms. The number of carbonyl (C=O) groups is 5. The van der Waals surface area contributed by atoms with Gasteiger partial charge in [0.15, 0.2) is 0 Å². The number of nitrogens with one attached hydrogen (secondary N) is 4. The minimum atomic E-state index is -2.42. The molecule has 1 heterocycles. The van der Waals surface area contributed by atoms with E-state index >= 15 is 0 Å². The van der Waals surface area contributed by atoms with Crippen LogP contribution in [0.15, 0.2) is 48.5 Å². The summed E-state index contributed by atoms with van der Waals surface area (Å²) in [5, 5.41) is 16.1. The Balaban J connectivity index is 0.000000445. The number of hydrogen-bond acceptors (Lipinski definition) is 7. The molecule has 16 heteroatoms. The molecule has 0 fully saturated rings. The Hall–Kier alpha value is -4.56. The highest BCUT2D eigenvalue weighted by atomic mass is 35.5. The maximum Gasteiger partial charge on any atom is 0.352 e. The van der Waals surface area contributed by atoms with Crippen molar-refractivity contribution in [2.75, 3.05) is 25.5 Å². The first-order valence-electron chi connectivity index (χ1n) is 13.6. The van der Waals surface area contributed by atoms with Gasteiger partial charge in [0.25, 0.3) is 17.4 Å². The smallest absolute Gasteiger partial charge is 0.352 e. The molecule has 0 aliphatic heterocycles. The number of aromatic carboxylic acids is 1. The second-order valence-electron chi connectivity index (χ2n) is 10.0. The molecule has 2 atom stereocenters. The molecule has 1 unspecified atom stereocenters. The Morgan fingerprint density at radius 3 is 2.38 bits per heavy atom. The van der Waals surface area contributed by atoms with Crippen molar-refractivity contribution in [1.29, 1.82) is 0 Å². The van der Waals surface area contributed by atoms with Gasteiger partial charge in [-0.3, -0.25) is 24.6 Å². The lowest BCUT2D eigenvalue weighted by Gasteiger charge is -2.27. The summed E-state index contributed by atoms with van der Waals surface area (Å²) in [6.07, 6.45) is -0.0736. The molecule has 45 heavy (non-hydrogen) atoms. The lowest BCUT2D eigenvalue weighted by molar-refractivity contribution is -0.145. The van der Waals surface area contributed by atoms with Crippen LogP contribution in [0, 0.1) is 5.92 Å². The number of methoxy groups -OCH3 is 1. The zero-order valence-corrected chi connectivity index (χ0v) is 26.2. The topological polar surface area (TPSA) is 196 Å². The molecule has 2 aromatic carbocycles. The first kappa shape index (κ1) is 36.6. The maximum absolute atomic E-state index is 13.3. The molecule has 0 saturated carbocycles. The Morgan fingerprint density at radius 2 is 1.80 bits per heavy atom. The van der Waals surface area contributed by atoms with Gasteiger partial charge in [-0.15, -0.1) is 0 Å². The fourth-order valence-corrected chi connectivity index (χ4v) is 4.22. The molecule has 0 aliphatic rings. The molecule has 1 aromatic heterocycles. The Bertz CT molecular complexity index is 1500. The minimum absolute atomic E-state index is 0.00844. The number of anilines is 1. The van der Waals surface area contributed by atoms with E-state index in [4.69, 9.17) is 38.8 Å². The van der Waals surface area contributed by atoms with Crippen LogP contribution in [0.3, 0.4) is 0 Å². The number of alkyl halides is 2. The van der Waals surface area contributed by atoms with Crippen LogP contribution in [0.4, 0.5) is 10.1 Å². The van der Waals surface area contributed by atoms with Crippen molar-refractivity contribution in [1.82, 2.24) is 20.7 Å². The number of hydrazine groups is 1. The average molecular weight is 670 g/mol. The molecule has 4 amide bonds. The number of fused-ring (bicyclic) bond motifs is 1. The summed E-state index contributed by atoms with van der Waals surface area (Å²) < 4.78 is 18.4. The van der Waals surface area contributed by atoms with Gasteiger partial charge < -0.3 is 31.2 Å². The van der Waals surface area contributed by atoms with Crippen LogP contribution in [-0.2, 0) is 19.2 Å². The number of aromatic amines is 1. The first-order chi connectivity index (χ1) is 21.2. The fraction of sp³-hybridized carbons (Fsp3) is 0.345. The van der Waals surface area contributed by atoms with Crippen LogP contribution < -0.4 is 26.5 Å². The molecule has 244 valence electrons. The van der Waals surface area contributed by atoms with E-state index in [2.05, 4.69) is 21.0 Å². The largest absolute Gasteiger partial charge is 0.497 e. The monoisotopic (exact) mass is 668 g/mol. The van der Waals surface area contributed by atoms with Crippen molar-refractivity contribution in [3.63, 3.8) is 0 Å². The van der Waals surface area contributed by atoms with Crippen molar-refractivity contribution < 1.29 is 38.2 Å². The van der Waals surface area contributed by atoms with Crippen LogP contribution in [-0.4, -0.2) is 76.6 Å². The molecular weight excluding hydrogens is 634 g/mol. The number of nitrogens with two attached hydrogens (primary N) is 1. The summed E-state index contributed by atoms with van der Waals surface area (Å²) in [5.41, 5.74) is 6.38. The highest BCUT2D eigenvalue weighted by Gasteiger charge is 2.28. The van der Waals surface area contributed by atoms with Gasteiger partial charge in [0.05, 0.1) is 20.2 Å².